The first-order chi connectivity index (χ1) is 14.6. The molecule has 0 aliphatic carbocycles. The van der Waals surface area contributed by atoms with E-state index < -0.39 is 0 Å². The summed E-state index contributed by atoms with van der Waals surface area (Å²) in [6.45, 7) is 0. The van der Waals surface area contributed by atoms with Gasteiger partial charge in [-0.1, -0.05) is 30.3 Å². The average molecular weight is 465 g/mol. The number of halogens is 1. The number of nitrogens with zero attached hydrogens (tertiary/aromatic N) is 3. The summed E-state index contributed by atoms with van der Waals surface area (Å²) in [6.07, 6.45) is 0.494. The number of imidazole rings is 1. The van der Waals surface area contributed by atoms with Crippen LogP contribution in [0.5, 0.6) is 5.75 Å². The molecule has 1 aliphatic rings. The molecule has 5 rings (SSSR count). The number of para-hydroxylation sites is 3. The second kappa shape index (κ2) is 7.46. The van der Waals surface area contributed by atoms with E-state index in [1.807, 2.05) is 48.5 Å². The van der Waals surface area contributed by atoms with E-state index in [0.29, 0.717) is 28.4 Å². The summed E-state index contributed by atoms with van der Waals surface area (Å²) >= 11 is 3.25. The van der Waals surface area contributed by atoms with Crippen LogP contribution >= 0.6 is 15.9 Å². The second-order valence-corrected chi connectivity index (χ2v) is 7.65. The molecule has 0 bridgehead atoms. The van der Waals surface area contributed by atoms with Crippen LogP contribution in [0.25, 0.3) is 11.0 Å². The molecule has 0 fully saturated rings. The number of carbonyl (C=O) groups excluding carboxylic acids is 1. The van der Waals surface area contributed by atoms with Crippen LogP contribution < -0.4 is 4.74 Å². The number of nitrogens with one attached hydrogen (secondary N) is 1. The number of hydrogen-bond donors (Lipinski definition) is 1. The number of rotatable bonds is 4. The van der Waals surface area contributed by atoms with E-state index in [9.17, 15) is 4.79 Å². The quantitative estimate of drug-likeness (QED) is 0.464. The van der Waals surface area contributed by atoms with Crippen molar-refractivity contribution in [3.8, 4) is 5.75 Å². The smallest absolute Gasteiger partial charge is 0.310 e. The number of fused-ring (bicyclic) bond motifs is 1. The van der Waals surface area contributed by atoms with Crippen LogP contribution in [-0.4, -0.2) is 33.7 Å². The molecule has 1 aliphatic heterocycles. The molecule has 2 aromatic heterocycles. The Morgan fingerprint density at radius 1 is 1.17 bits per heavy atom. The van der Waals surface area contributed by atoms with Crippen LogP contribution in [0.4, 0.5) is 0 Å². The van der Waals surface area contributed by atoms with Gasteiger partial charge in [0.25, 0.3) is 0 Å². The van der Waals surface area contributed by atoms with E-state index in [2.05, 4.69) is 31.0 Å². The zero-order valence-electron chi connectivity index (χ0n) is 16.0. The normalized spacial score (nSPS) is 16.1. The minimum atomic E-state index is -0.347. The first kappa shape index (κ1) is 18.6. The SMILES string of the molecule is COc1ccccc1[C@H]1CC(c2nc3ccccc3[nH]2)=NN1C(=O)c1ccc(Br)o1. The van der Waals surface area contributed by atoms with E-state index in [4.69, 9.17) is 9.15 Å². The molecule has 0 saturated heterocycles. The minimum Gasteiger partial charge on any atom is -0.496 e. The predicted octanol–water partition coefficient (Wildman–Crippen LogP) is 4.92. The van der Waals surface area contributed by atoms with Crippen molar-refractivity contribution in [3.63, 3.8) is 0 Å². The molecule has 8 heteroatoms. The van der Waals surface area contributed by atoms with Gasteiger partial charge in [0.05, 0.1) is 24.2 Å². The van der Waals surface area contributed by atoms with Crippen LogP contribution in [0.2, 0.25) is 0 Å². The van der Waals surface area contributed by atoms with Gasteiger partial charge in [0, 0.05) is 12.0 Å². The van der Waals surface area contributed by atoms with Gasteiger partial charge >= 0.3 is 5.91 Å². The highest BCUT2D eigenvalue weighted by molar-refractivity contribution is 9.10. The standard InChI is InChI=1S/C22H17BrN4O3/c1-29-18-9-5-2-6-13(18)17-12-16(21-24-14-7-3-4-8-15(14)25-21)26-27(17)22(28)19-10-11-20(23)30-19/h2-11,17H,12H2,1H3,(H,24,25)/t17-/m1/s1. The fraction of sp³-hybridized carbons (Fsp3) is 0.136. The first-order valence-electron chi connectivity index (χ1n) is 9.38. The van der Waals surface area contributed by atoms with Crippen molar-refractivity contribution in [1.29, 1.82) is 0 Å². The first-order valence-corrected chi connectivity index (χ1v) is 10.2. The van der Waals surface area contributed by atoms with Crippen molar-refractivity contribution in [3.05, 3.63) is 82.5 Å². The van der Waals surface area contributed by atoms with Crippen LogP contribution in [0.15, 0.2) is 74.9 Å². The van der Waals surface area contributed by atoms with Gasteiger partial charge in [0.2, 0.25) is 0 Å². The zero-order valence-corrected chi connectivity index (χ0v) is 17.6. The Labute approximate surface area is 180 Å². The zero-order chi connectivity index (χ0) is 20.7. The van der Waals surface area contributed by atoms with Crippen LogP contribution in [0.1, 0.15) is 34.4 Å². The molecule has 150 valence electrons. The lowest BCUT2D eigenvalue weighted by Gasteiger charge is -2.22. The van der Waals surface area contributed by atoms with Gasteiger partial charge in [0.15, 0.2) is 16.3 Å². The summed E-state index contributed by atoms with van der Waals surface area (Å²) in [4.78, 5) is 21.2. The van der Waals surface area contributed by atoms with Gasteiger partial charge in [-0.05, 0) is 46.3 Å². The van der Waals surface area contributed by atoms with Gasteiger partial charge in [-0.15, -0.1) is 0 Å². The van der Waals surface area contributed by atoms with Crippen molar-refractivity contribution in [1.82, 2.24) is 15.0 Å². The third-order valence-corrected chi connectivity index (χ3v) is 5.49. The van der Waals surface area contributed by atoms with Crippen LogP contribution in [0.3, 0.4) is 0 Å². The van der Waals surface area contributed by atoms with E-state index in [0.717, 1.165) is 16.6 Å². The van der Waals surface area contributed by atoms with Crippen LogP contribution in [-0.2, 0) is 0 Å². The molecule has 0 radical (unpaired) electrons. The highest BCUT2D eigenvalue weighted by Gasteiger charge is 2.37. The fourth-order valence-electron chi connectivity index (χ4n) is 3.66. The molecule has 0 unspecified atom stereocenters. The molecular formula is C22H17BrN4O3. The third-order valence-electron chi connectivity index (χ3n) is 5.06. The molecule has 1 atom stereocenters. The Balaban J connectivity index is 1.58. The molecule has 30 heavy (non-hydrogen) atoms. The summed E-state index contributed by atoms with van der Waals surface area (Å²) in [5.74, 6) is 1.22. The number of carbonyl (C=O) groups is 1. The molecule has 0 saturated carbocycles. The van der Waals surface area contributed by atoms with Crippen molar-refractivity contribution in [2.75, 3.05) is 7.11 Å². The maximum Gasteiger partial charge on any atom is 0.310 e. The van der Waals surface area contributed by atoms with Gasteiger partial charge in [0.1, 0.15) is 11.5 Å². The molecule has 2 aromatic carbocycles. The maximum absolute atomic E-state index is 13.2. The monoisotopic (exact) mass is 464 g/mol. The van der Waals surface area contributed by atoms with Crippen LogP contribution in [0, 0.1) is 0 Å². The second-order valence-electron chi connectivity index (χ2n) is 6.86. The molecule has 1 amide bonds. The lowest BCUT2D eigenvalue weighted by Crippen LogP contribution is -2.27. The van der Waals surface area contributed by atoms with Crippen molar-refractivity contribution in [2.24, 2.45) is 5.10 Å². The number of ether oxygens (including phenoxy) is 1. The van der Waals surface area contributed by atoms with Gasteiger partial charge in [-0.25, -0.2) is 9.99 Å². The molecular weight excluding hydrogens is 448 g/mol. The number of benzene rings is 2. The molecule has 3 heterocycles. The fourth-order valence-corrected chi connectivity index (χ4v) is 3.96. The average Bonchev–Trinajstić information content (AvgIpc) is 3.50. The van der Waals surface area contributed by atoms with Gasteiger partial charge in [-0.3, -0.25) is 4.79 Å². The minimum absolute atomic E-state index is 0.205. The number of hydrazone groups is 1. The van der Waals surface area contributed by atoms with E-state index >= 15 is 0 Å². The van der Waals surface area contributed by atoms with Gasteiger partial charge in [-0.2, -0.15) is 5.10 Å². The molecule has 1 N–H and O–H groups in total. The van der Waals surface area contributed by atoms with E-state index in [1.165, 1.54) is 5.01 Å². The summed E-state index contributed by atoms with van der Waals surface area (Å²) in [7, 11) is 1.62. The topological polar surface area (TPSA) is 83.7 Å². The Bertz CT molecular complexity index is 1240. The predicted molar refractivity (Wildman–Crippen MR) is 116 cm³/mol. The third kappa shape index (κ3) is 3.19. The highest BCUT2D eigenvalue weighted by Crippen LogP contribution is 2.38. The number of H-pyrrole nitrogens is 1. The van der Waals surface area contributed by atoms with Crippen molar-refractivity contribution >= 4 is 38.6 Å². The number of hydrogen-bond acceptors (Lipinski definition) is 5. The number of aromatic amines is 1. The highest BCUT2D eigenvalue weighted by atomic mass is 79.9. The number of aromatic nitrogens is 2. The van der Waals surface area contributed by atoms with Crippen molar-refractivity contribution < 1.29 is 13.9 Å². The molecule has 7 nitrogen and oxygen atoms in total. The Kier molecular flexibility index (Phi) is 4.63. The number of amides is 1. The molecule has 4 aromatic rings. The number of methoxy groups -OCH3 is 1. The van der Waals surface area contributed by atoms with E-state index in [-0.39, 0.29) is 17.7 Å². The summed E-state index contributed by atoms with van der Waals surface area (Å²) < 4.78 is 11.5. The Morgan fingerprint density at radius 2 is 1.97 bits per heavy atom. The lowest BCUT2D eigenvalue weighted by molar-refractivity contribution is 0.0675. The Morgan fingerprint density at radius 3 is 2.73 bits per heavy atom. The molecule has 0 spiro atoms. The van der Waals surface area contributed by atoms with Crippen molar-refractivity contribution in [2.45, 2.75) is 12.5 Å². The van der Waals surface area contributed by atoms with Gasteiger partial charge < -0.3 is 14.1 Å². The maximum atomic E-state index is 13.2. The van der Waals surface area contributed by atoms with E-state index in [1.54, 1.807) is 19.2 Å². The summed E-state index contributed by atoms with van der Waals surface area (Å²) in [5.41, 5.74) is 3.34. The lowest BCUT2D eigenvalue weighted by atomic mass is 10.0. The summed E-state index contributed by atoms with van der Waals surface area (Å²) in [6, 6.07) is 18.4. The largest absolute Gasteiger partial charge is 0.496 e. The number of furan rings is 1. The summed E-state index contributed by atoms with van der Waals surface area (Å²) in [5, 5.41) is 6.10. The Hall–Kier alpha value is -3.39.